The molecular formula is C20H20FNO2. The Hall–Kier alpha value is -2.75. The monoisotopic (exact) mass is 325 g/mol. The van der Waals surface area contributed by atoms with Crippen LogP contribution in [0.15, 0.2) is 54.6 Å². The summed E-state index contributed by atoms with van der Waals surface area (Å²) >= 11 is 0. The number of hydrogen-bond acceptors (Lipinski definition) is 2. The van der Waals surface area contributed by atoms with E-state index >= 15 is 0 Å². The van der Waals surface area contributed by atoms with Gasteiger partial charge in [-0.05, 0) is 37.6 Å². The number of Topliss-reactive ketones (excluding diaryl/α,β-unsaturated/α-hetero) is 1. The average Bonchev–Trinajstić information content (AvgIpc) is 2.59. The van der Waals surface area contributed by atoms with Crippen LogP contribution in [0.2, 0.25) is 0 Å². The first kappa shape index (κ1) is 17.6. The minimum Gasteiger partial charge on any atom is -0.332 e. The third-order valence-electron chi connectivity index (χ3n) is 3.93. The summed E-state index contributed by atoms with van der Waals surface area (Å²) < 4.78 is 12.9. The van der Waals surface area contributed by atoms with Crippen molar-refractivity contribution in [1.82, 2.24) is 4.90 Å². The molecule has 124 valence electrons. The predicted octanol–water partition coefficient (Wildman–Crippen LogP) is 3.88. The highest BCUT2D eigenvalue weighted by Crippen LogP contribution is 2.11. The van der Waals surface area contributed by atoms with E-state index in [1.54, 1.807) is 44.3 Å². The Morgan fingerprint density at radius 3 is 2.21 bits per heavy atom. The highest BCUT2D eigenvalue weighted by molar-refractivity contribution is 6.03. The van der Waals surface area contributed by atoms with Crippen LogP contribution in [0.3, 0.4) is 0 Å². The molecule has 0 aromatic heterocycles. The highest BCUT2D eigenvalue weighted by atomic mass is 19.1. The number of aryl methyl sites for hydroxylation is 1. The van der Waals surface area contributed by atoms with Crippen molar-refractivity contribution in [2.24, 2.45) is 0 Å². The molecule has 0 heterocycles. The molecule has 1 atom stereocenters. The summed E-state index contributed by atoms with van der Waals surface area (Å²) in [6.07, 6.45) is 2.98. The van der Waals surface area contributed by atoms with Crippen molar-refractivity contribution in [2.45, 2.75) is 19.9 Å². The molecule has 0 radical (unpaired) electrons. The van der Waals surface area contributed by atoms with E-state index in [1.807, 2.05) is 19.1 Å². The van der Waals surface area contributed by atoms with Crippen molar-refractivity contribution >= 4 is 17.8 Å². The topological polar surface area (TPSA) is 37.4 Å². The molecule has 0 aliphatic rings. The molecule has 0 fully saturated rings. The molecule has 0 spiro atoms. The second-order valence-electron chi connectivity index (χ2n) is 5.74. The van der Waals surface area contributed by atoms with E-state index in [2.05, 4.69) is 0 Å². The van der Waals surface area contributed by atoms with Crippen LogP contribution in [-0.4, -0.2) is 29.7 Å². The lowest BCUT2D eigenvalue weighted by Gasteiger charge is -2.22. The maximum absolute atomic E-state index is 12.9. The fraction of sp³-hybridized carbons (Fsp3) is 0.200. The molecule has 24 heavy (non-hydrogen) atoms. The van der Waals surface area contributed by atoms with Gasteiger partial charge < -0.3 is 4.90 Å². The molecule has 0 saturated carbocycles. The van der Waals surface area contributed by atoms with Gasteiger partial charge in [-0.25, -0.2) is 4.39 Å². The van der Waals surface area contributed by atoms with Crippen LogP contribution in [0.5, 0.6) is 0 Å². The number of likely N-dealkylation sites (N-methyl/N-ethyl adjacent to an activating group) is 1. The van der Waals surface area contributed by atoms with Crippen LogP contribution in [0.25, 0.3) is 6.08 Å². The molecule has 0 bridgehead atoms. The zero-order valence-electron chi connectivity index (χ0n) is 14.0. The molecule has 0 aliphatic carbocycles. The van der Waals surface area contributed by atoms with Gasteiger partial charge in [0.05, 0.1) is 6.04 Å². The average molecular weight is 325 g/mol. The van der Waals surface area contributed by atoms with Crippen molar-refractivity contribution < 1.29 is 14.0 Å². The standard InChI is InChI=1S/C20H20FNO2/c1-14-4-9-17(10-5-14)20(24)15(2)22(3)19(23)13-8-16-6-11-18(21)12-7-16/h4-13,15H,1-3H3/b13-8+. The first-order valence-corrected chi connectivity index (χ1v) is 7.70. The molecule has 0 N–H and O–H groups in total. The summed E-state index contributed by atoms with van der Waals surface area (Å²) in [5, 5.41) is 0. The smallest absolute Gasteiger partial charge is 0.246 e. The van der Waals surface area contributed by atoms with E-state index in [1.165, 1.54) is 23.1 Å². The SMILES string of the molecule is Cc1ccc(C(=O)C(C)N(C)C(=O)/C=C/c2ccc(F)cc2)cc1. The maximum atomic E-state index is 12.9. The Morgan fingerprint density at radius 1 is 1.04 bits per heavy atom. The summed E-state index contributed by atoms with van der Waals surface area (Å²) in [4.78, 5) is 26.1. The number of carbonyl (C=O) groups is 2. The number of ketones is 1. The largest absolute Gasteiger partial charge is 0.332 e. The van der Waals surface area contributed by atoms with Gasteiger partial charge in [-0.2, -0.15) is 0 Å². The Labute approximate surface area is 141 Å². The minimum atomic E-state index is -0.571. The van der Waals surface area contributed by atoms with E-state index in [9.17, 15) is 14.0 Å². The first-order chi connectivity index (χ1) is 11.4. The van der Waals surface area contributed by atoms with Crippen LogP contribution in [0, 0.1) is 12.7 Å². The zero-order valence-corrected chi connectivity index (χ0v) is 14.0. The first-order valence-electron chi connectivity index (χ1n) is 7.70. The second kappa shape index (κ2) is 7.68. The lowest BCUT2D eigenvalue weighted by molar-refractivity contribution is -0.125. The molecular weight excluding hydrogens is 305 g/mol. The molecule has 2 aromatic carbocycles. The second-order valence-corrected chi connectivity index (χ2v) is 5.74. The van der Waals surface area contributed by atoms with Crippen molar-refractivity contribution in [3.05, 3.63) is 77.1 Å². The van der Waals surface area contributed by atoms with Gasteiger partial charge in [-0.15, -0.1) is 0 Å². The maximum Gasteiger partial charge on any atom is 0.246 e. The highest BCUT2D eigenvalue weighted by Gasteiger charge is 2.22. The van der Waals surface area contributed by atoms with Crippen LogP contribution < -0.4 is 0 Å². The minimum absolute atomic E-state index is 0.110. The van der Waals surface area contributed by atoms with E-state index in [0.717, 1.165) is 11.1 Å². The number of rotatable bonds is 5. The summed E-state index contributed by atoms with van der Waals surface area (Å²) in [6, 6.07) is 12.5. The number of carbonyl (C=O) groups excluding carboxylic acids is 2. The Morgan fingerprint density at radius 2 is 1.62 bits per heavy atom. The van der Waals surface area contributed by atoms with Crippen molar-refractivity contribution in [1.29, 1.82) is 0 Å². The van der Waals surface area contributed by atoms with Crippen LogP contribution in [0.4, 0.5) is 4.39 Å². The molecule has 2 rings (SSSR count). The predicted molar refractivity (Wildman–Crippen MR) is 93.2 cm³/mol. The number of benzene rings is 2. The molecule has 1 unspecified atom stereocenters. The summed E-state index contributed by atoms with van der Waals surface area (Å²) in [7, 11) is 1.59. The van der Waals surface area contributed by atoms with Crippen molar-refractivity contribution in [3.8, 4) is 0 Å². The molecule has 3 nitrogen and oxygen atoms in total. The fourth-order valence-corrected chi connectivity index (χ4v) is 2.18. The summed E-state index contributed by atoms with van der Waals surface area (Å²) in [6.45, 7) is 3.65. The number of amides is 1. The molecule has 1 amide bonds. The van der Waals surface area contributed by atoms with Gasteiger partial charge in [0, 0.05) is 18.7 Å². The molecule has 4 heteroatoms. The van der Waals surface area contributed by atoms with Gasteiger partial charge in [0.1, 0.15) is 5.82 Å². The van der Waals surface area contributed by atoms with Crippen LogP contribution in [0.1, 0.15) is 28.4 Å². The lowest BCUT2D eigenvalue weighted by atomic mass is 10.0. The van der Waals surface area contributed by atoms with Gasteiger partial charge in [0.2, 0.25) is 5.91 Å². The third kappa shape index (κ3) is 4.38. The Balaban J connectivity index is 2.04. The fourth-order valence-electron chi connectivity index (χ4n) is 2.18. The van der Waals surface area contributed by atoms with Gasteiger partial charge >= 0.3 is 0 Å². The third-order valence-corrected chi connectivity index (χ3v) is 3.93. The van der Waals surface area contributed by atoms with Gasteiger partial charge in [-0.3, -0.25) is 9.59 Å². The molecule has 0 aliphatic heterocycles. The Bertz CT molecular complexity index is 748. The molecule has 2 aromatic rings. The van der Waals surface area contributed by atoms with Gasteiger partial charge in [-0.1, -0.05) is 42.0 Å². The number of halogens is 1. The van der Waals surface area contributed by atoms with Crippen LogP contribution >= 0.6 is 0 Å². The quantitative estimate of drug-likeness (QED) is 0.618. The van der Waals surface area contributed by atoms with E-state index < -0.39 is 6.04 Å². The lowest BCUT2D eigenvalue weighted by Crippen LogP contribution is -2.39. The van der Waals surface area contributed by atoms with Crippen LogP contribution in [-0.2, 0) is 4.79 Å². The number of hydrogen-bond donors (Lipinski definition) is 0. The summed E-state index contributed by atoms with van der Waals surface area (Å²) in [5.74, 6) is -0.721. The van der Waals surface area contributed by atoms with Gasteiger partial charge in [0.25, 0.3) is 0 Å². The Kier molecular flexibility index (Phi) is 5.64. The van der Waals surface area contributed by atoms with E-state index in [0.29, 0.717) is 5.56 Å². The molecule has 0 saturated heterocycles. The van der Waals surface area contributed by atoms with Crippen molar-refractivity contribution in [2.75, 3.05) is 7.05 Å². The van der Waals surface area contributed by atoms with Gasteiger partial charge in [0.15, 0.2) is 5.78 Å². The zero-order chi connectivity index (χ0) is 17.7. The van der Waals surface area contributed by atoms with E-state index in [-0.39, 0.29) is 17.5 Å². The number of nitrogens with zero attached hydrogens (tertiary/aromatic N) is 1. The van der Waals surface area contributed by atoms with Crippen molar-refractivity contribution in [3.63, 3.8) is 0 Å². The normalized spacial score (nSPS) is 12.2. The van der Waals surface area contributed by atoms with E-state index in [4.69, 9.17) is 0 Å². The summed E-state index contributed by atoms with van der Waals surface area (Å²) in [5.41, 5.74) is 2.37.